The van der Waals surface area contributed by atoms with Gasteiger partial charge < -0.3 is 18.0 Å². The minimum Gasteiger partial charge on any atom is -0.451 e. The lowest BCUT2D eigenvalue weighted by molar-refractivity contribution is 0.653. The maximum atomic E-state index is 6.42. The Morgan fingerprint density at radius 2 is 1.41 bits per heavy atom. The van der Waals surface area contributed by atoms with Crippen molar-refractivity contribution in [3.05, 3.63) is 63.8 Å². The summed E-state index contributed by atoms with van der Waals surface area (Å²) >= 11 is 3.59. The maximum absolute atomic E-state index is 6.42. The molecule has 6 heteroatoms. The number of hydrogen-bond acceptors (Lipinski definition) is 4. The summed E-state index contributed by atoms with van der Waals surface area (Å²) in [6, 6.07) is 17.6. The molecule has 0 spiro atoms. The van der Waals surface area contributed by atoms with E-state index in [0.717, 1.165) is 32.4 Å². The number of fused-ring (bicyclic) bond motifs is 10. The van der Waals surface area contributed by atoms with Gasteiger partial charge in [0, 0.05) is 27.9 Å². The Labute approximate surface area is 202 Å². The minimum absolute atomic E-state index is 0.843. The van der Waals surface area contributed by atoms with Crippen LogP contribution in [0.25, 0.3) is 70.3 Å². The lowest BCUT2D eigenvalue weighted by Crippen LogP contribution is -1.93. The van der Waals surface area contributed by atoms with Crippen LogP contribution in [0, 0.1) is 20.8 Å². The summed E-state index contributed by atoms with van der Waals surface area (Å²) in [5.74, 6) is 0. The molecule has 166 valence electrons. The third kappa shape index (κ3) is 2.23. The van der Waals surface area contributed by atoms with Gasteiger partial charge in [0.2, 0.25) is 0 Å². The molecule has 0 saturated heterocycles. The third-order valence-corrected chi connectivity index (χ3v) is 9.06. The highest BCUT2D eigenvalue weighted by Crippen LogP contribution is 2.46. The number of benzene rings is 2. The van der Waals surface area contributed by atoms with Crippen LogP contribution in [0.4, 0.5) is 0 Å². The van der Waals surface area contributed by atoms with Crippen LogP contribution in [-0.2, 0) is 7.05 Å². The fourth-order valence-electron chi connectivity index (χ4n) is 5.47. The summed E-state index contributed by atoms with van der Waals surface area (Å²) < 4.78 is 19.9. The molecule has 2 aromatic carbocycles. The van der Waals surface area contributed by atoms with Gasteiger partial charge in [0.25, 0.3) is 0 Å². The predicted octanol–water partition coefficient (Wildman–Crippen LogP) is 8.97. The number of thiophene rings is 2. The Balaban J connectivity index is 1.59. The average molecular weight is 481 g/mol. The average Bonchev–Trinajstić information content (AvgIpc) is 3.60. The van der Waals surface area contributed by atoms with Gasteiger partial charge in [-0.05, 0) is 57.2 Å². The molecule has 0 radical (unpaired) electrons. The second-order valence-corrected chi connectivity index (χ2v) is 11.8. The lowest BCUT2D eigenvalue weighted by Gasteiger charge is -2.08. The van der Waals surface area contributed by atoms with Gasteiger partial charge in [-0.1, -0.05) is 17.7 Å². The topological polar surface area (TPSA) is 36.1 Å². The van der Waals surface area contributed by atoms with Gasteiger partial charge in [0.1, 0.15) is 15.9 Å². The van der Waals surface area contributed by atoms with E-state index in [1.807, 2.05) is 11.3 Å². The first-order valence-electron chi connectivity index (χ1n) is 11.3. The van der Waals surface area contributed by atoms with Gasteiger partial charge in [0.15, 0.2) is 11.2 Å². The summed E-state index contributed by atoms with van der Waals surface area (Å²) in [4.78, 5) is 2.55. The maximum Gasteiger partial charge on any atom is 0.191 e. The first kappa shape index (κ1) is 18.9. The number of nitrogens with zero attached hydrogens (tertiary/aromatic N) is 2. The second-order valence-electron chi connectivity index (χ2n) is 9.28. The number of hydrogen-bond donors (Lipinski definition) is 0. The summed E-state index contributed by atoms with van der Waals surface area (Å²) in [6.07, 6.45) is 0. The van der Waals surface area contributed by atoms with E-state index in [2.05, 4.69) is 85.5 Å². The molecule has 0 unspecified atom stereocenters. The molecular formula is C28H20N2O2S2. The van der Waals surface area contributed by atoms with Gasteiger partial charge in [-0.15, -0.1) is 22.7 Å². The van der Waals surface area contributed by atoms with Gasteiger partial charge >= 0.3 is 0 Å². The molecule has 6 aromatic heterocycles. The smallest absolute Gasteiger partial charge is 0.191 e. The number of aromatic nitrogens is 2. The molecule has 0 amide bonds. The molecule has 0 aliphatic heterocycles. The molecule has 0 aliphatic carbocycles. The minimum atomic E-state index is 0.843. The zero-order valence-electron chi connectivity index (χ0n) is 19.1. The Hall–Kier alpha value is -3.48. The molecule has 0 fully saturated rings. The summed E-state index contributed by atoms with van der Waals surface area (Å²) in [5.41, 5.74) is 10.9. The monoisotopic (exact) mass is 480 g/mol. The fourth-order valence-corrected chi connectivity index (χ4v) is 7.47. The van der Waals surface area contributed by atoms with Crippen molar-refractivity contribution < 1.29 is 8.83 Å². The second kappa shape index (κ2) is 6.14. The molecule has 0 N–H and O–H groups in total. The SMILES string of the molecule is Cc1ccc(-n2c3cc4c(cc3c3c2c2sc(C)cc2n3C)oc2c4oc3cc(C)sc32)cc1. The van der Waals surface area contributed by atoms with E-state index in [9.17, 15) is 0 Å². The van der Waals surface area contributed by atoms with Crippen LogP contribution in [-0.4, -0.2) is 9.13 Å². The van der Waals surface area contributed by atoms with Crippen LogP contribution in [0.5, 0.6) is 0 Å². The molecule has 0 bridgehead atoms. The molecular weight excluding hydrogens is 460 g/mol. The van der Waals surface area contributed by atoms with Gasteiger partial charge in [-0.2, -0.15) is 0 Å². The van der Waals surface area contributed by atoms with Gasteiger partial charge in [-0.25, -0.2) is 0 Å². The largest absolute Gasteiger partial charge is 0.451 e. The molecule has 8 rings (SSSR count). The predicted molar refractivity (Wildman–Crippen MR) is 144 cm³/mol. The zero-order chi connectivity index (χ0) is 22.9. The third-order valence-electron chi connectivity index (χ3n) is 6.98. The zero-order valence-corrected chi connectivity index (χ0v) is 20.8. The summed E-state index contributed by atoms with van der Waals surface area (Å²) in [6.45, 7) is 6.42. The van der Waals surface area contributed by atoms with E-state index in [1.165, 1.54) is 53.2 Å². The van der Waals surface area contributed by atoms with E-state index in [-0.39, 0.29) is 0 Å². The highest BCUT2D eigenvalue weighted by molar-refractivity contribution is 7.20. The van der Waals surface area contributed by atoms with Crippen molar-refractivity contribution >= 4 is 87.2 Å². The Kier molecular flexibility index (Phi) is 3.41. The molecule has 4 nitrogen and oxygen atoms in total. The molecule has 0 atom stereocenters. The van der Waals surface area contributed by atoms with Crippen LogP contribution < -0.4 is 0 Å². The van der Waals surface area contributed by atoms with Crippen molar-refractivity contribution in [3.8, 4) is 5.69 Å². The fraction of sp³-hybridized carbons (Fsp3) is 0.143. The van der Waals surface area contributed by atoms with Crippen LogP contribution in [0.15, 0.2) is 57.4 Å². The molecule has 8 aromatic rings. The number of rotatable bonds is 1. The normalized spacial score (nSPS) is 12.7. The summed E-state index contributed by atoms with van der Waals surface area (Å²) in [7, 11) is 2.17. The molecule has 0 saturated carbocycles. The Morgan fingerprint density at radius 3 is 2.24 bits per heavy atom. The van der Waals surface area contributed by atoms with Crippen molar-refractivity contribution in [1.29, 1.82) is 0 Å². The molecule has 34 heavy (non-hydrogen) atoms. The van der Waals surface area contributed by atoms with Crippen molar-refractivity contribution in [1.82, 2.24) is 9.13 Å². The highest BCUT2D eigenvalue weighted by Gasteiger charge is 2.24. The Bertz CT molecular complexity index is 2100. The van der Waals surface area contributed by atoms with E-state index >= 15 is 0 Å². The van der Waals surface area contributed by atoms with E-state index in [0.29, 0.717) is 0 Å². The Morgan fingerprint density at radius 1 is 0.676 bits per heavy atom. The first-order chi connectivity index (χ1) is 16.5. The first-order valence-corrected chi connectivity index (χ1v) is 13.0. The quantitative estimate of drug-likeness (QED) is 0.235. The number of aryl methyl sites for hydroxylation is 4. The highest BCUT2D eigenvalue weighted by atomic mass is 32.1. The van der Waals surface area contributed by atoms with Crippen molar-refractivity contribution in [2.45, 2.75) is 20.8 Å². The van der Waals surface area contributed by atoms with Crippen molar-refractivity contribution in [2.75, 3.05) is 0 Å². The van der Waals surface area contributed by atoms with E-state index < -0.39 is 0 Å². The standard InChI is InChI=1S/C28H20N2O2S2/c1-13-5-7-16(8-6-13)30-19-11-18-21(31-26-25(18)32-22-10-15(3)34-28(22)26)12-17(19)23-24(30)27-20(29(23)4)9-14(2)33-27/h5-12H,1-4H3. The van der Waals surface area contributed by atoms with Crippen LogP contribution in [0.1, 0.15) is 15.3 Å². The van der Waals surface area contributed by atoms with Crippen LogP contribution >= 0.6 is 22.7 Å². The lowest BCUT2D eigenvalue weighted by atomic mass is 10.1. The van der Waals surface area contributed by atoms with Crippen molar-refractivity contribution in [2.24, 2.45) is 7.05 Å². The molecule has 0 aliphatic rings. The van der Waals surface area contributed by atoms with Gasteiger partial charge in [-0.3, -0.25) is 0 Å². The number of furan rings is 2. The van der Waals surface area contributed by atoms with Crippen molar-refractivity contribution in [3.63, 3.8) is 0 Å². The van der Waals surface area contributed by atoms with Gasteiger partial charge in [0.05, 0.1) is 32.2 Å². The van der Waals surface area contributed by atoms with Crippen LogP contribution in [0.3, 0.4) is 0 Å². The van der Waals surface area contributed by atoms with E-state index in [1.54, 1.807) is 11.3 Å². The summed E-state index contributed by atoms with van der Waals surface area (Å²) in [5, 5.41) is 2.22. The van der Waals surface area contributed by atoms with Crippen LogP contribution in [0.2, 0.25) is 0 Å². The van der Waals surface area contributed by atoms with E-state index in [4.69, 9.17) is 8.83 Å². The molecule has 6 heterocycles.